The normalized spacial score (nSPS) is 17.2. The van der Waals surface area contributed by atoms with E-state index in [2.05, 4.69) is 10.6 Å². The lowest BCUT2D eigenvalue weighted by Gasteiger charge is -2.10. The standard InChI is InChI=1S/C22H26N2O5/c1-27-16-7-5-15(6-8-16)24-22(26)18-13-17(18)21(25)23-11-10-14-4-9-19(28-2)20(12-14)29-3/h4-9,12,17-18H,10-11,13H2,1-3H3,(H,23,25)(H,24,26). The Balaban J connectivity index is 1.43. The van der Waals surface area contributed by atoms with E-state index < -0.39 is 0 Å². The van der Waals surface area contributed by atoms with E-state index in [4.69, 9.17) is 14.2 Å². The van der Waals surface area contributed by atoms with Gasteiger partial charge in [-0.2, -0.15) is 0 Å². The van der Waals surface area contributed by atoms with E-state index in [1.807, 2.05) is 18.2 Å². The van der Waals surface area contributed by atoms with E-state index in [9.17, 15) is 9.59 Å². The van der Waals surface area contributed by atoms with Crippen molar-refractivity contribution in [2.24, 2.45) is 11.8 Å². The Labute approximate surface area is 170 Å². The predicted molar refractivity (Wildman–Crippen MR) is 109 cm³/mol. The van der Waals surface area contributed by atoms with Gasteiger partial charge in [-0.25, -0.2) is 0 Å². The van der Waals surface area contributed by atoms with Crippen LogP contribution in [0.1, 0.15) is 12.0 Å². The highest BCUT2D eigenvalue weighted by Crippen LogP contribution is 2.39. The van der Waals surface area contributed by atoms with Crippen molar-refractivity contribution in [2.45, 2.75) is 12.8 Å². The molecule has 1 aliphatic carbocycles. The molecule has 29 heavy (non-hydrogen) atoms. The first kappa shape index (κ1) is 20.5. The Morgan fingerprint density at radius 2 is 1.59 bits per heavy atom. The molecule has 0 bridgehead atoms. The summed E-state index contributed by atoms with van der Waals surface area (Å²) in [7, 11) is 4.77. The Hall–Kier alpha value is -3.22. The van der Waals surface area contributed by atoms with Crippen LogP contribution in [0.5, 0.6) is 17.2 Å². The highest BCUT2D eigenvalue weighted by molar-refractivity contribution is 5.99. The van der Waals surface area contributed by atoms with Crippen molar-refractivity contribution in [3.8, 4) is 17.2 Å². The maximum atomic E-state index is 12.3. The SMILES string of the molecule is COc1ccc(NC(=O)C2CC2C(=O)NCCc2ccc(OC)c(OC)c2)cc1. The van der Waals surface area contributed by atoms with Gasteiger partial charge >= 0.3 is 0 Å². The molecule has 1 fully saturated rings. The minimum absolute atomic E-state index is 0.0830. The molecule has 2 atom stereocenters. The molecular weight excluding hydrogens is 372 g/mol. The summed E-state index contributed by atoms with van der Waals surface area (Å²) in [6.45, 7) is 0.498. The molecule has 0 radical (unpaired) electrons. The van der Waals surface area contributed by atoms with Crippen LogP contribution in [0.3, 0.4) is 0 Å². The number of hydrogen-bond donors (Lipinski definition) is 2. The first-order valence-electron chi connectivity index (χ1n) is 9.49. The predicted octanol–water partition coefficient (Wildman–Crippen LogP) is 2.65. The second-order valence-corrected chi connectivity index (χ2v) is 6.90. The number of carbonyl (C=O) groups is 2. The molecule has 0 heterocycles. The van der Waals surface area contributed by atoms with Gasteiger partial charge < -0.3 is 24.8 Å². The maximum absolute atomic E-state index is 12.3. The van der Waals surface area contributed by atoms with E-state index in [1.54, 1.807) is 45.6 Å². The van der Waals surface area contributed by atoms with Gasteiger partial charge in [0, 0.05) is 12.2 Å². The third-order valence-corrected chi connectivity index (χ3v) is 4.98. The van der Waals surface area contributed by atoms with E-state index >= 15 is 0 Å². The lowest BCUT2D eigenvalue weighted by molar-refractivity contribution is -0.125. The molecule has 0 saturated heterocycles. The molecule has 0 aromatic heterocycles. The van der Waals surface area contributed by atoms with Crippen LogP contribution in [-0.2, 0) is 16.0 Å². The molecule has 1 aliphatic rings. The van der Waals surface area contributed by atoms with Gasteiger partial charge in [-0.05, 0) is 54.8 Å². The van der Waals surface area contributed by atoms with Crippen molar-refractivity contribution in [1.29, 1.82) is 0 Å². The summed E-state index contributed by atoms with van der Waals surface area (Å²) in [5.74, 6) is 1.30. The lowest BCUT2D eigenvalue weighted by Crippen LogP contribution is -2.29. The van der Waals surface area contributed by atoms with Crippen LogP contribution in [0, 0.1) is 11.8 Å². The van der Waals surface area contributed by atoms with Crippen molar-refractivity contribution in [1.82, 2.24) is 5.32 Å². The van der Waals surface area contributed by atoms with Crippen molar-refractivity contribution in [3.05, 3.63) is 48.0 Å². The topological polar surface area (TPSA) is 85.9 Å². The zero-order valence-electron chi connectivity index (χ0n) is 16.9. The van der Waals surface area contributed by atoms with Gasteiger partial charge in [-0.15, -0.1) is 0 Å². The molecule has 2 unspecified atom stereocenters. The van der Waals surface area contributed by atoms with Crippen LogP contribution in [0.25, 0.3) is 0 Å². The fourth-order valence-electron chi connectivity index (χ4n) is 3.18. The minimum atomic E-state index is -0.279. The molecular formula is C22H26N2O5. The number of anilines is 1. The van der Waals surface area contributed by atoms with Gasteiger partial charge in [0.1, 0.15) is 5.75 Å². The smallest absolute Gasteiger partial charge is 0.228 e. The summed E-state index contributed by atoms with van der Waals surface area (Å²) in [5.41, 5.74) is 1.72. The molecule has 7 heteroatoms. The third kappa shape index (κ3) is 5.19. The number of carbonyl (C=O) groups excluding carboxylic acids is 2. The molecule has 0 spiro atoms. The zero-order chi connectivity index (χ0) is 20.8. The quantitative estimate of drug-likeness (QED) is 0.678. The summed E-state index contributed by atoms with van der Waals surface area (Å²) in [6.07, 6.45) is 1.24. The highest BCUT2D eigenvalue weighted by Gasteiger charge is 2.47. The van der Waals surface area contributed by atoms with Crippen LogP contribution in [0.4, 0.5) is 5.69 Å². The largest absolute Gasteiger partial charge is 0.497 e. The fourth-order valence-corrected chi connectivity index (χ4v) is 3.18. The summed E-state index contributed by atoms with van der Waals surface area (Å²) in [6, 6.07) is 12.8. The minimum Gasteiger partial charge on any atom is -0.497 e. The number of nitrogens with one attached hydrogen (secondary N) is 2. The summed E-state index contributed by atoms with van der Waals surface area (Å²) in [5, 5.41) is 5.76. The van der Waals surface area contributed by atoms with E-state index in [0.717, 1.165) is 11.3 Å². The van der Waals surface area contributed by atoms with Crippen molar-refractivity contribution in [3.63, 3.8) is 0 Å². The van der Waals surface area contributed by atoms with Gasteiger partial charge in [-0.1, -0.05) is 6.07 Å². The second-order valence-electron chi connectivity index (χ2n) is 6.90. The van der Waals surface area contributed by atoms with Crippen molar-refractivity contribution < 1.29 is 23.8 Å². The van der Waals surface area contributed by atoms with Crippen LogP contribution in [0.15, 0.2) is 42.5 Å². The Morgan fingerprint density at radius 1 is 0.897 bits per heavy atom. The Kier molecular flexibility index (Phi) is 6.59. The van der Waals surface area contributed by atoms with Gasteiger partial charge in [0.25, 0.3) is 0 Å². The van der Waals surface area contributed by atoms with Crippen LogP contribution in [0.2, 0.25) is 0 Å². The first-order chi connectivity index (χ1) is 14.0. The number of rotatable bonds is 9. The Bertz CT molecular complexity index is 866. The van der Waals surface area contributed by atoms with Crippen LogP contribution >= 0.6 is 0 Å². The zero-order valence-corrected chi connectivity index (χ0v) is 16.9. The van der Waals surface area contributed by atoms with Gasteiger partial charge in [0.15, 0.2) is 11.5 Å². The molecule has 2 aromatic rings. The lowest BCUT2D eigenvalue weighted by atomic mass is 10.1. The van der Waals surface area contributed by atoms with Crippen LogP contribution < -0.4 is 24.8 Å². The number of methoxy groups -OCH3 is 3. The number of amides is 2. The van der Waals surface area contributed by atoms with Crippen molar-refractivity contribution >= 4 is 17.5 Å². The average molecular weight is 398 g/mol. The number of hydrogen-bond acceptors (Lipinski definition) is 5. The third-order valence-electron chi connectivity index (χ3n) is 4.98. The van der Waals surface area contributed by atoms with Crippen molar-refractivity contribution in [2.75, 3.05) is 33.2 Å². The van der Waals surface area contributed by atoms with Crippen LogP contribution in [-0.4, -0.2) is 39.7 Å². The average Bonchev–Trinajstić information content (AvgIpc) is 3.55. The van der Waals surface area contributed by atoms with Gasteiger partial charge in [-0.3, -0.25) is 9.59 Å². The maximum Gasteiger partial charge on any atom is 0.228 e. The molecule has 2 aromatic carbocycles. The van der Waals surface area contributed by atoms with E-state index in [1.165, 1.54) is 0 Å². The molecule has 1 saturated carbocycles. The van der Waals surface area contributed by atoms with Gasteiger partial charge in [0.2, 0.25) is 11.8 Å². The van der Waals surface area contributed by atoms with E-state index in [-0.39, 0.29) is 23.7 Å². The summed E-state index contributed by atoms with van der Waals surface area (Å²) >= 11 is 0. The van der Waals surface area contributed by atoms with E-state index in [0.29, 0.717) is 36.6 Å². The number of ether oxygens (including phenoxy) is 3. The molecule has 154 valence electrons. The fraction of sp³-hybridized carbons (Fsp3) is 0.364. The summed E-state index contributed by atoms with van der Waals surface area (Å²) < 4.78 is 15.6. The molecule has 2 amide bonds. The first-order valence-corrected chi connectivity index (χ1v) is 9.49. The Morgan fingerprint density at radius 3 is 2.24 bits per heavy atom. The molecule has 3 rings (SSSR count). The van der Waals surface area contributed by atoms with Gasteiger partial charge in [0.05, 0.1) is 33.2 Å². The summed E-state index contributed by atoms with van der Waals surface area (Å²) in [4.78, 5) is 24.6. The second kappa shape index (κ2) is 9.32. The molecule has 0 aliphatic heterocycles. The number of benzene rings is 2. The monoisotopic (exact) mass is 398 g/mol. The highest BCUT2D eigenvalue weighted by atomic mass is 16.5. The molecule has 7 nitrogen and oxygen atoms in total. The molecule has 2 N–H and O–H groups in total.